The monoisotopic (exact) mass is 309 g/mol. The number of nitrogens with zero attached hydrogens (tertiary/aromatic N) is 1. The van der Waals surface area contributed by atoms with E-state index < -0.39 is 0 Å². The second-order valence-electron chi connectivity index (χ2n) is 6.11. The van der Waals surface area contributed by atoms with E-state index in [2.05, 4.69) is 30.3 Å². The van der Waals surface area contributed by atoms with E-state index in [0.717, 1.165) is 42.9 Å². The Morgan fingerprint density at radius 1 is 0.957 bits per heavy atom. The van der Waals surface area contributed by atoms with Crippen LogP contribution in [-0.2, 0) is 0 Å². The third-order valence-corrected chi connectivity index (χ3v) is 4.42. The summed E-state index contributed by atoms with van der Waals surface area (Å²) in [6.45, 7) is 2.06. The number of ether oxygens (including phenoxy) is 1. The molecule has 3 rings (SSSR count). The fourth-order valence-corrected chi connectivity index (χ4v) is 3.04. The zero-order valence-electron chi connectivity index (χ0n) is 13.8. The van der Waals surface area contributed by atoms with E-state index in [9.17, 15) is 0 Å². The molecule has 0 spiro atoms. The fourth-order valence-electron chi connectivity index (χ4n) is 3.04. The minimum atomic E-state index is 0.610. The number of hydrogen-bond donors (Lipinski definition) is 0. The quantitative estimate of drug-likeness (QED) is 0.736. The topological polar surface area (TPSA) is 30.8 Å². The summed E-state index contributed by atoms with van der Waals surface area (Å²) in [6.07, 6.45) is 4.26. The van der Waals surface area contributed by atoms with Gasteiger partial charge in [-0.15, -0.1) is 0 Å². The Morgan fingerprint density at radius 2 is 1.70 bits per heavy atom. The number of methoxy groups -OCH3 is 1. The molecule has 3 heteroatoms. The number of hydrogen-bond acceptors (Lipinski definition) is 3. The van der Waals surface area contributed by atoms with Gasteiger partial charge in [0.2, 0.25) is 0 Å². The summed E-state index contributed by atoms with van der Waals surface area (Å²) in [7, 11) is 1.70. The Bertz CT molecular complexity index is 666. The smallest absolute Gasteiger partial charge is 0.158 e. The molecule has 120 valence electrons. The lowest BCUT2D eigenvalue weighted by Gasteiger charge is -2.23. The molecule has 2 aromatic carbocycles. The molecule has 1 fully saturated rings. The van der Waals surface area contributed by atoms with Crippen LogP contribution >= 0.6 is 0 Å². The summed E-state index contributed by atoms with van der Waals surface area (Å²) in [5, 5.41) is 4.35. The summed E-state index contributed by atoms with van der Waals surface area (Å²) < 4.78 is 5.22. The minimum absolute atomic E-state index is 0.610. The molecule has 0 radical (unpaired) electrons. The lowest BCUT2D eigenvalue weighted by Crippen LogP contribution is -2.13. The van der Waals surface area contributed by atoms with Crippen molar-refractivity contribution in [2.75, 3.05) is 7.11 Å². The molecule has 0 N–H and O–H groups in total. The summed E-state index contributed by atoms with van der Waals surface area (Å²) in [5.41, 5.74) is 3.74. The molecular formula is C20H23NO2. The third kappa shape index (κ3) is 4.13. The van der Waals surface area contributed by atoms with Gasteiger partial charge in [0.25, 0.3) is 0 Å². The van der Waals surface area contributed by atoms with E-state index in [1.807, 2.05) is 30.3 Å². The van der Waals surface area contributed by atoms with Crippen LogP contribution in [-0.4, -0.2) is 12.8 Å². The summed E-state index contributed by atoms with van der Waals surface area (Å²) >= 11 is 0. The van der Waals surface area contributed by atoms with E-state index in [1.54, 1.807) is 7.11 Å². The van der Waals surface area contributed by atoms with Crippen LogP contribution in [0.4, 0.5) is 0 Å². The zero-order valence-corrected chi connectivity index (χ0v) is 13.8. The molecular weight excluding hydrogens is 286 g/mol. The van der Waals surface area contributed by atoms with Crippen LogP contribution < -0.4 is 9.57 Å². The first-order valence-electron chi connectivity index (χ1n) is 8.18. The van der Waals surface area contributed by atoms with Gasteiger partial charge in [0, 0.05) is 0 Å². The largest absolute Gasteiger partial charge is 0.497 e. The van der Waals surface area contributed by atoms with Gasteiger partial charge in [-0.25, -0.2) is 0 Å². The normalized spacial score (nSPS) is 17.7. The zero-order chi connectivity index (χ0) is 16.1. The predicted molar refractivity (Wildman–Crippen MR) is 93.4 cm³/mol. The summed E-state index contributed by atoms with van der Waals surface area (Å²) in [6, 6.07) is 16.4. The first-order valence-corrected chi connectivity index (χ1v) is 8.18. The van der Waals surface area contributed by atoms with Gasteiger partial charge in [-0.2, -0.15) is 0 Å². The Balaban J connectivity index is 1.56. The Labute approximate surface area is 137 Å². The second kappa shape index (κ2) is 7.32. The van der Waals surface area contributed by atoms with Crippen molar-refractivity contribution in [1.82, 2.24) is 0 Å². The maximum Gasteiger partial charge on any atom is 0.158 e. The van der Waals surface area contributed by atoms with Crippen LogP contribution in [0.2, 0.25) is 0 Å². The number of rotatable bonds is 4. The van der Waals surface area contributed by atoms with E-state index in [-0.39, 0.29) is 0 Å². The first-order chi connectivity index (χ1) is 11.2. The Morgan fingerprint density at radius 3 is 2.35 bits per heavy atom. The molecule has 0 amide bonds. The molecule has 1 aliphatic rings. The van der Waals surface area contributed by atoms with Gasteiger partial charge >= 0.3 is 0 Å². The molecule has 0 bridgehead atoms. The highest BCUT2D eigenvalue weighted by molar-refractivity contribution is 5.84. The van der Waals surface area contributed by atoms with Crippen molar-refractivity contribution in [2.45, 2.75) is 38.5 Å². The van der Waals surface area contributed by atoms with Crippen molar-refractivity contribution in [2.24, 2.45) is 5.16 Å². The van der Waals surface area contributed by atoms with Crippen LogP contribution in [0.3, 0.4) is 0 Å². The third-order valence-electron chi connectivity index (χ3n) is 4.42. The highest BCUT2D eigenvalue weighted by Crippen LogP contribution is 2.32. The van der Waals surface area contributed by atoms with E-state index in [1.165, 1.54) is 11.1 Å². The summed E-state index contributed by atoms with van der Waals surface area (Å²) in [4.78, 5) is 5.57. The minimum Gasteiger partial charge on any atom is -0.497 e. The lowest BCUT2D eigenvalue weighted by atomic mass is 9.83. The molecule has 0 unspecified atom stereocenters. The highest BCUT2D eigenvalue weighted by Gasteiger charge is 2.19. The molecule has 0 saturated heterocycles. The van der Waals surface area contributed by atoms with Gasteiger partial charge < -0.3 is 9.57 Å². The maximum absolute atomic E-state index is 5.57. The van der Waals surface area contributed by atoms with Crippen molar-refractivity contribution in [3.63, 3.8) is 0 Å². The Kier molecular flexibility index (Phi) is 4.96. The van der Waals surface area contributed by atoms with Crippen LogP contribution in [0.15, 0.2) is 53.7 Å². The SMILES string of the molecule is COc1ccc(C2CCC(=NOc3cccc(C)c3)CC2)cc1. The molecule has 0 aliphatic heterocycles. The van der Waals surface area contributed by atoms with Crippen LogP contribution in [0.1, 0.15) is 42.7 Å². The van der Waals surface area contributed by atoms with Crippen molar-refractivity contribution in [1.29, 1.82) is 0 Å². The molecule has 3 nitrogen and oxygen atoms in total. The average molecular weight is 309 g/mol. The average Bonchev–Trinajstić information content (AvgIpc) is 2.61. The second-order valence-corrected chi connectivity index (χ2v) is 6.11. The lowest BCUT2D eigenvalue weighted by molar-refractivity contribution is 0.335. The van der Waals surface area contributed by atoms with Crippen molar-refractivity contribution < 1.29 is 9.57 Å². The van der Waals surface area contributed by atoms with E-state index in [4.69, 9.17) is 9.57 Å². The summed E-state index contributed by atoms with van der Waals surface area (Å²) in [5.74, 6) is 2.34. The van der Waals surface area contributed by atoms with Crippen LogP contribution in [0, 0.1) is 6.92 Å². The molecule has 0 aromatic heterocycles. The molecule has 2 aromatic rings. The van der Waals surface area contributed by atoms with Crippen molar-refractivity contribution >= 4 is 5.71 Å². The molecule has 0 atom stereocenters. The van der Waals surface area contributed by atoms with Gasteiger partial charge in [0.05, 0.1) is 12.8 Å². The molecule has 1 aliphatic carbocycles. The molecule has 0 heterocycles. The van der Waals surface area contributed by atoms with Crippen molar-refractivity contribution in [3.8, 4) is 11.5 Å². The van der Waals surface area contributed by atoms with E-state index >= 15 is 0 Å². The van der Waals surface area contributed by atoms with Crippen LogP contribution in [0.25, 0.3) is 0 Å². The molecule has 23 heavy (non-hydrogen) atoms. The highest BCUT2D eigenvalue weighted by atomic mass is 16.6. The maximum atomic E-state index is 5.57. The predicted octanol–water partition coefficient (Wildman–Crippen LogP) is 5.10. The van der Waals surface area contributed by atoms with Crippen LogP contribution in [0.5, 0.6) is 11.5 Å². The van der Waals surface area contributed by atoms with Gasteiger partial charge in [-0.1, -0.05) is 29.4 Å². The van der Waals surface area contributed by atoms with Gasteiger partial charge in [0.15, 0.2) is 5.75 Å². The first kappa shape index (κ1) is 15.6. The number of aryl methyl sites for hydroxylation is 1. The van der Waals surface area contributed by atoms with Gasteiger partial charge in [-0.3, -0.25) is 0 Å². The number of benzene rings is 2. The van der Waals surface area contributed by atoms with Gasteiger partial charge in [-0.05, 0) is 73.9 Å². The number of oxime groups is 1. The standard InChI is InChI=1S/C20H23NO2/c1-15-4-3-5-20(14-15)23-21-18-10-6-16(7-11-18)17-8-12-19(22-2)13-9-17/h3-5,8-9,12-14,16H,6-7,10-11H2,1-2H3. The van der Waals surface area contributed by atoms with Crippen molar-refractivity contribution in [3.05, 3.63) is 59.7 Å². The molecule has 1 saturated carbocycles. The fraction of sp³-hybridized carbons (Fsp3) is 0.350. The van der Waals surface area contributed by atoms with Gasteiger partial charge in [0.1, 0.15) is 5.75 Å². The van der Waals surface area contributed by atoms with E-state index in [0.29, 0.717) is 5.92 Å². The Hall–Kier alpha value is -2.29.